The number of thioether (sulfide) groups is 1. The second-order valence-corrected chi connectivity index (χ2v) is 12.6. The van der Waals surface area contributed by atoms with Gasteiger partial charge in [0.05, 0.1) is 21.8 Å². The number of fused-ring (bicyclic) bond motifs is 2. The summed E-state index contributed by atoms with van der Waals surface area (Å²) in [5, 5.41) is 0. The highest BCUT2D eigenvalue weighted by atomic mass is 32.2. The first kappa shape index (κ1) is 28.1. The van der Waals surface area contributed by atoms with Crippen LogP contribution < -0.4 is 20.9 Å². The maximum Gasteiger partial charge on any atom is 0.296 e. The van der Waals surface area contributed by atoms with E-state index in [1.807, 2.05) is 67.6 Å². The fourth-order valence-electron chi connectivity index (χ4n) is 5.94. The van der Waals surface area contributed by atoms with Gasteiger partial charge in [-0.05, 0) is 68.2 Å². The number of aromatic nitrogens is 4. The lowest BCUT2D eigenvalue weighted by molar-refractivity contribution is -0.113. The van der Waals surface area contributed by atoms with Crippen LogP contribution in [0, 0.1) is 13.8 Å². The van der Waals surface area contributed by atoms with Gasteiger partial charge in [-0.15, -0.1) is 0 Å². The molecule has 1 saturated heterocycles. The molecule has 1 fully saturated rings. The third kappa shape index (κ3) is 4.42. The van der Waals surface area contributed by atoms with Crippen molar-refractivity contribution >= 4 is 63.1 Å². The molecule has 0 aliphatic carbocycles. The highest BCUT2D eigenvalue weighted by molar-refractivity contribution is 8.27. The van der Waals surface area contributed by atoms with E-state index in [9.17, 15) is 14.4 Å². The number of carbonyl (C=O) groups is 1. The second-order valence-electron chi connectivity index (χ2n) is 10.9. The van der Waals surface area contributed by atoms with Gasteiger partial charge in [0.25, 0.3) is 17.0 Å². The number of aryl methyl sites for hydroxylation is 2. The van der Waals surface area contributed by atoms with Crippen molar-refractivity contribution < 1.29 is 4.79 Å². The first-order valence-electron chi connectivity index (χ1n) is 14.2. The van der Waals surface area contributed by atoms with Crippen molar-refractivity contribution in [3.8, 4) is 5.69 Å². The molecule has 0 bridgehead atoms. The van der Waals surface area contributed by atoms with E-state index in [4.69, 9.17) is 17.2 Å². The first-order chi connectivity index (χ1) is 21.2. The van der Waals surface area contributed by atoms with Gasteiger partial charge in [-0.1, -0.05) is 66.4 Å². The van der Waals surface area contributed by atoms with Crippen molar-refractivity contribution in [2.24, 2.45) is 7.05 Å². The molecule has 0 atom stereocenters. The molecule has 220 valence electrons. The molecule has 5 heterocycles. The van der Waals surface area contributed by atoms with E-state index in [0.29, 0.717) is 29.4 Å². The van der Waals surface area contributed by atoms with Crippen molar-refractivity contribution in [2.45, 2.75) is 26.7 Å². The average molecular weight is 621 g/mol. The van der Waals surface area contributed by atoms with Gasteiger partial charge in [0.15, 0.2) is 4.32 Å². The molecule has 0 unspecified atom stereocenters. The van der Waals surface area contributed by atoms with E-state index in [0.717, 1.165) is 35.9 Å². The normalized spacial score (nSPS) is 15.9. The van der Waals surface area contributed by atoms with E-state index < -0.39 is 5.91 Å². The number of para-hydroxylation sites is 2. The highest BCUT2D eigenvalue weighted by Gasteiger charge is 2.38. The Kier molecular flexibility index (Phi) is 6.86. The number of nitrogens with zero attached hydrogens (tertiary/aromatic N) is 6. The highest BCUT2D eigenvalue weighted by Crippen LogP contribution is 2.39. The fraction of sp³-hybridized carbons (Fsp3) is 0.182. The monoisotopic (exact) mass is 620 g/mol. The van der Waals surface area contributed by atoms with E-state index in [1.54, 1.807) is 30.9 Å². The van der Waals surface area contributed by atoms with Gasteiger partial charge >= 0.3 is 0 Å². The maximum absolute atomic E-state index is 14.1. The minimum absolute atomic E-state index is 0.191. The van der Waals surface area contributed by atoms with Crippen LogP contribution in [0.2, 0.25) is 0 Å². The molecule has 2 aliphatic heterocycles. The van der Waals surface area contributed by atoms with Crippen molar-refractivity contribution in [3.63, 3.8) is 0 Å². The number of rotatable bonds is 4. The van der Waals surface area contributed by atoms with Crippen LogP contribution in [0.25, 0.3) is 17.4 Å². The van der Waals surface area contributed by atoms with Gasteiger partial charge in [0.1, 0.15) is 17.2 Å². The number of thiocarbonyl (C=S) groups is 1. The Labute approximate surface area is 262 Å². The predicted molar refractivity (Wildman–Crippen MR) is 179 cm³/mol. The van der Waals surface area contributed by atoms with Gasteiger partial charge in [0, 0.05) is 25.5 Å². The lowest BCUT2D eigenvalue weighted by atomic mass is 10.0. The smallest absolute Gasteiger partial charge is 0.296 e. The number of pyridine rings is 1. The van der Waals surface area contributed by atoms with Crippen molar-refractivity contribution in [2.75, 3.05) is 16.3 Å². The van der Waals surface area contributed by atoms with E-state index >= 15 is 0 Å². The number of anilines is 3. The third-order valence-corrected chi connectivity index (χ3v) is 9.47. The Morgan fingerprint density at radius 1 is 0.932 bits per heavy atom. The molecule has 2 aliphatic rings. The molecular formula is C33H28N6O3S2. The van der Waals surface area contributed by atoms with Crippen LogP contribution in [0.5, 0.6) is 0 Å². The zero-order valence-electron chi connectivity index (χ0n) is 24.4. The molecule has 2 aromatic carbocycles. The summed E-state index contributed by atoms with van der Waals surface area (Å²) >= 11 is 6.75. The third-order valence-electron chi connectivity index (χ3n) is 8.17. The van der Waals surface area contributed by atoms with Crippen molar-refractivity contribution in [1.82, 2.24) is 18.7 Å². The van der Waals surface area contributed by atoms with Crippen LogP contribution in [0.15, 0.2) is 87.4 Å². The summed E-state index contributed by atoms with van der Waals surface area (Å²) in [6.45, 7) is 4.37. The summed E-state index contributed by atoms with van der Waals surface area (Å²) in [4.78, 5) is 50.5. The summed E-state index contributed by atoms with van der Waals surface area (Å²) < 4.78 is 4.97. The Morgan fingerprint density at radius 2 is 1.68 bits per heavy atom. The number of benzene rings is 2. The van der Waals surface area contributed by atoms with Gasteiger partial charge < -0.3 is 4.90 Å². The quantitative estimate of drug-likeness (QED) is 0.199. The van der Waals surface area contributed by atoms with Gasteiger partial charge in [-0.25, -0.2) is 9.67 Å². The Hall–Kier alpha value is -4.74. The summed E-state index contributed by atoms with van der Waals surface area (Å²) in [5.74, 6) is 0.0309. The van der Waals surface area contributed by atoms with Crippen molar-refractivity contribution in [1.29, 1.82) is 0 Å². The molecule has 0 N–H and O–H groups in total. The number of carbonyl (C=O) groups excluding carboxylic acids is 1. The largest absolute Gasteiger partial charge is 0.325 e. The zero-order chi connectivity index (χ0) is 30.7. The number of hydrogen-bond donors (Lipinski definition) is 0. The van der Waals surface area contributed by atoms with Crippen LogP contribution in [0.1, 0.15) is 28.8 Å². The topological polar surface area (TPSA) is 84.8 Å². The molecular weight excluding hydrogens is 593 g/mol. The lowest BCUT2D eigenvalue weighted by Gasteiger charge is -2.31. The molecule has 0 radical (unpaired) electrons. The molecule has 5 aromatic rings. The standard InChI is InChI=1S/C33H28N6O3S2/c1-20-15-16-27-34-29(36-17-9-11-22-10-7-8-14-25(22)36)24(30(40)37(27)19-20)18-26-31(41)38(33(43)44-26)28-21(2)35(3)39(32(28)42)23-12-5-4-6-13-23/h4-8,10,12-16,18-19H,9,11,17H2,1-3H3/b26-18+. The van der Waals surface area contributed by atoms with Gasteiger partial charge in [-0.3, -0.25) is 28.4 Å². The summed E-state index contributed by atoms with van der Waals surface area (Å²) in [7, 11) is 1.77. The molecule has 11 heteroatoms. The van der Waals surface area contributed by atoms with Gasteiger partial charge in [0.2, 0.25) is 0 Å². The Morgan fingerprint density at radius 3 is 2.48 bits per heavy atom. The maximum atomic E-state index is 14.1. The minimum atomic E-state index is -0.454. The zero-order valence-corrected chi connectivity index (χ0v) is 26.0. The van der Waals surface area contributed by atoms with E-state index in [-0.39, 0.29) is 31.6 Å². The Bertz CT molecular complexity index is 2160. The van der Waals surface area contributed by atoms with E-state index in [1.165, 1.54) is 19.5 Å². The summed E-state index contributed by atoms with van der Waals surface area (Å²) in [6, 6.07) is 21.1. The van der Waals surface area contributed by atoms with Gasteiger partial charge in [-0.2, -0.15) is 0 Å². The second kappa shape index (κ2) is 10.8. The van der Waals surface area contributed by atoms with Crippen LogP contribution in [-0.2, 0) is 18.3 Å². The molecule has 9 nitrogen and oxygen atoms in total. The fourth-order valence-corrected chi connectivity index (χ4v) is 7.19. The summed E-state index contributed by atoms with van der Waals surface area (Å²) in [5.41, 5.74) is 4.69. The minimum Gasteiger partial charge on any atom is -0.325 e. The van der Waals surface area contributed by atoms with Crippen LogP contribution in [-0.4, -0.2) is 35.5 Å². The number of hydrogen-bond acceptors (Lipinski definition) is 7. The molecule has 3 aromatic heterocycles. The van der Waals surface area contributed by atoms with Crippen LogP contribution >= 0.6 is 24.0 Å². The molecule has 0 saturated carbocycles. The average Bonchev–Trinajstić information content (AvgIpc) is 3.42. The molecule has 44 heavy (non-hydrogen) atoms. The van der Waals surface area contributed by atoms with E-state index in [2.05, 4.69) is 11.0 Å². The first-order valence-corrected chi connectivity index (χ1v) is 15.5. The van der Waals surface area contributed by atoms with Crippen molar-refractivity contribution in [3.05, 3.63) is 121 Å². The molecule has 1 amide bonds. The predicted octanol–water partition coefficient (Wildman–Crippen LogP) is 5.29. The lowest BCUT2D eigenvalue weighted by Crippen LogP contribution is -2.33. The summed E-state index contributed by atoms with van der Waals surface area (Å²) in [6.07, 6.45) is 5.17. The van der Waals surface area contributed by atoms with Crippen LogP contribution in [0.3, 0.4) is 0 Å². The SMILES string of the molecule is Cc1ccc2nc(N3CCCc4ccccc43)c(/C=C3/SC(=S)N(c4c(C)n(C)n(-c5ccccc5)c4=O)C3=O)c(=O)n2c1. The van der Waals surface area contributed by atoms with Crippen LogP contribution in [0.4, 0.5) is 17.2 Å². The Balaban J connectivity index is 1.38. The molecule has 0 spiro atoms. The molecule has 7 rings (SSSR count). The number of amides is 1.